The van der Waals surface area contributed by atoms with E-state index in [1.165, 1.54) is 0 Å². The van der Waals surface area contributed by atoms with E-state index in [-0.39, 0.29) is 0 Å². The molecule has 0 bridgehead atoms. The van der Waals surface area contributed by atoms with E-state index in [9.17, 15) is 0 Å². The van der Waals surface area contributed by atoms with Gasteiger partial charge in [-0.2, -0.15) is 0 Å². The van der Waals surface area contributed by atoms with Gasteiger partial charge in [0, 0.05) is 17.7 Å². The van der Waals surface area contributed by atoms with Crippen LogP contribution in [-0.4, -0.2) is 27.4 Å². The Kier molecular flexibility index (Phi) is 4.11. The summed E-state index contributed by atoms with van der Waals surface area (Å²) >= 11 is 0. The van der Waals surface area contributed by atoms with Gasteiger partial charge < -0.3 is 0 Å². The van der Waals surface area contributed by atoms with Crippen LogP contribution in [0, 0.1) is 0 Å². The van der Waals surface area contributed by atoms with Gasteiger partial charge in [-0.15, -0.1) is 10.2 Å². The molecular formula is C20H18N4. The van der Waals surface area contributed by atoms with Crippen LogP contribution >= 0.6 is 0 Å². The van der Waals surface area contributed by atoms with Crippen molar-refractivity contribution in [3.63, 3.8) is 0 Å². The molecule has 2 heterocycles. The third-order valence-corrected chi connectivity index (χ3v) is 4.16. The van der Waals surface area contributed by atoms with Crippen LogP contribution in [0.25, 0.3) is 22.5 Å². The minimum absolute atomic E-state index is 0.660. The van der Waals surface area contributed by atoms with Gasteiger partial charge in [0.15, 0.2) is 5.82 Å². The van der Waals surface area contributed by atoms with E-state index < -0.39 is 0 Å². The summed E-state index contributed by atoms with van der Waals surface area (Å²) in [6.45, 7) is 0.861. The number of aromatic nitrogens is 3. The summed E-state index contributed by atoms with van der Waals surface area (Å²) in [5.41, 5.74) is 4.71. The molecule has 0 saturated heterocycles. The first-order valence-electron chi connectivity index (χ1n) is 8.31. The molecule has 0 aliphatic carbocycles. The molecule has 1 aliphatic heterocycles. The predicted molar refractivity (Wildman–Crippen MR) is 96.0 cm³/mol. The molecule has 24 heavy (non-hydrogen) atoms. The zero-order chi connectivity index (χ0) is 16.2. The van der Waals surface area contributed by atoms with E-state index >= 15 is 0 Å². The van der Waals surface area contributed by atoms with Crippen molar-refractivity contribution in [2.45, 2.75) is 19.3 Å². The van der Waals surface area contributed by atoms with Gasteiger partial charge in [-0.1, -0.05) is 60.7 Å². The van der Waals surface area contributed by atoms with Crippen LogP contribution in [0.3, 0.4) is 0 Å². The van der Waals surface area contributed by atoms with Gasteiger partial charge in [0.1, 0.15) is 11.4 Å². The normalized spacial score (nSPS) is 14.2. The quantitative estimate of drug-likeness (QED) is 0.728. The maximum atomic E-state index is 4.84. The van der Waals surface area contributed by atoms with Crippen LogP contribution < -0.4 is 0 Å². The smallest absolute Gasteiger partial charge is 0.196 e. The zero-order valence-corrected chi connectivity index (χ0v) is 13.4. The topological polar surface area (TPSA) is 51.0 Å². The zero-order valence-electron chi connectivity index (χ0n) is 13.4. The molecule has 0 unspecified atom stereocenters. The van der Waals surface area contributed by atoms with Crippen molar-refractivity contribution >= 4 is 5.71 Å². The summed E-state index contributed by atoms with van der Waals surface area (Å²) < 4.78 is 0. The van der Waals surface area contributed by atoms with Crippen LogP contribution in [0.5, 0.6) is 0 Å². The molecule has 0 fully saturated rings. The van der Waals surface area contributed by atoms with Crippen molar-refractivity contribution in [1.29, 1.82) is 0 Å². The molecule has 4 nitrogen and oxygen atoms in total. The molecular weight excluding hydrogens is 296 g/mol. The Balaban J connectivity index is 1.87. The van der Waals surface area contributed by atoms with Gasteiger partial charge in [0.25, 0.3) is 0 Å². The maximum absolute atomic E-state index is 4.84. The number of hydrogen-bond donors (Lipinski definition) is 0. The number of benzene rings is 2. The van der Waals surface area contributed by atoms with Gasteiger partial charge in [0.2, 0.25) is 0 Å². The first-order valence-corrected chi connectivity index (χ1v) is 8.31. The van der Waals surface area contributed by atoms with Crippen LogP contribution in [-0.2, 0) is 0 Å². The molecule has 1 aromatic heterocycles. The van der Waals surface area contributed by atoms with Crippen molar-refractivity contribution in [1.82, 2.24) is 15.2 Å². The van der Waals surface area contributed by atoms with Crippen molar-refractivity contribution in [2.24, 2.45) is 4.99 Å². The van der Waals surface area contributed by atoms with Gasteiger partial charge in [-0.05, 0) is 19.3 Å². The van der Waals surface area contributed by atoms with Gasteiger partial charge >= 0.3 is 0 Å². The van der Waals surface area contributed by atoms with E-state index in [1.54, 1.807) is 0 Å². The van der Waals surface area contributed by atoms with Gasteiger partial charge in [0.05, 0.1) is 5.71 Å². The second-order valence-corrected chi connectivity index (χ2v) is 5.85. The number of rotatable bonds is 3. The van der Waals surface area contributed by atoms with Gasteiger partial charge in [-0.3, -0.25) is 4.99 Å². The number of hydrogen-bond acceptors (Lipinski definition) is 4. The minimum atomic E-state index is 0.660. The van der Waals surface area contributed by atoms with Crippen LogP contribution in [0.15, 0.2) is 65.7 Å². The Hall–Kier alpha value is -2.88. The molecule has 3 aromatic rings. The van der Waals surface area contributed by atoms with Crippen molar-refractivity contribution in [2.75, 3.05) is 6.54 Å². The first-order chi connectivity index (χ1) is 11.9. The average Bonchev–Trinajstić information content (AvgIpc) is 2.69. The molecule has 0 spiro atoms. The van der Waals surface area contributed by atoms with E-state index in [0.29, 0.717) is 5.82 Å². The fourth-order valence-electron chi connectivity index (χ4n) is 2.92. The SMILES string of the molecule is c1ccc(-c2nnc(C3=NCCCC3)nc2-c2ccccc2)cc1. The fourth-order valence-corrected chi connectivity index (χ4v) is 2.92. The lowest BCUT2D eigenvalue weighted by atomic mass is 10.0. The second kappa shape index (κ2) is 6.71. The monoisotopic (exact) mass is 314 g/mol. The van der Waals surface area contributed by atoms with Crippen molar-refractivity contribution in [3.8, 4) is 22.5 Å². The molecule has 0 atom stereocenters. The highest BCUT2D eigenvalue weighted by Gasteiger charge is 2.17. The van der Waals surface area contributed by atoms with E-state index in [4.69, 9.17) is 4.98 Å². The Morgan fingerprint density at radius 1 is 0.667 bits per heavy atom. The molecule has 4 heteroatoms. The predicted octanol–water partition coefficient (Wildman–Crippen LogP) is 4.18. The Morgan fingerprint density at radius 2 is 1.33 bits per heavy atom. The first kappa shape index (κ1) is 14.7. The molecule has 118 valence electrons. The average molecular weight is 314 g/mol. The van der Waals surface area contributed by atoms with E-state index in [1.807, 2.05) is 48.5 Å². The summed E-state index contributed by atoms with van der Waals surface area (Å²) in [6.07, 6.45) is 3.22. The Labute approximate surface area is 141 Å². The molecule has 4 rings (SSSR count). The lowest BCUT2D eigenvalue weighted by Crippen LogP contribution is -2.14. The van der Waals surface area contributed by atoms with E-state index in [2.05, 4.69) is 27.3 Å². The number of aliphatic imine (C=N–C) groups is 1. The molecule has 0 N–H and O–H groups in total. The summed E-state index contributed by atoms with van der Waals surface area (Å²) in [5.74, 6) is 0.660. The molecule has 1 aliphatic rings. The Bertz CT molecular complexity index is 857. The fraction of sp³-hybridized carbons (Fsp3) is 0.200. The lowest BCUT2D eigenvalue weighted by molar-refractivity contribution is 0.732. The number of nitrogens with zero attached hydrogens (tertiary/aromatic N) is 4. The summed E-state index contributed by atoms with van der Waals surface area (Å²) in [5, 5.41) is 8.88. The maximum Gasteiger partial charge on any atom is 0.196 e. The highest BCUT2D eigenvalue weighted by atomic mass is 15.2. The lowest BCUT2D eigenvalue weighted by Gasteiger charge is -2.13. The largest absolute Gasteiger partial charge is 0.286 e. The third-order valence-electron chi connectivity index (χ3n) is 4.16. The summed E-state index contributed by atoms with van der Waals surface area (Å²) in [6, 6.07) is 20.2. The molecule has 2 aromatic carbocycles. The molecule has 0 saturated carbocycles. The molecule has 0 amide bonds. The van der Waals surface area contributed by atoms with E-state index in [0.717, 1.165) is 54.0 Å². The summed E-state index contributed by atoms with van der Waals surface area (Å²) in [4.78, 5) is 9.43. The highest BCUT2D eigenvalue weighted by Crippen LogP contribution is 2.28. The van der Waals surface area contributed by atoms with Crippen LogP contribution in [0.4, 0.5) is 0 Å². The molecule has 0 radical (unpaired) electrons. The van der Waals surface area contributed by atoms with Crippen molar-refractivity contribution < 1.29 is 0 Å². The summed E-state index contributed by atoms with van der Waals surface area (Å²) in [7, 11) is 0. The van der Waals surface area contributed by atoms with Crippen LogP contribution in [0.1, 0.15) is 25.1 Å². The standard InChI is InChI=1S/C20H18N4/c1-3-9-15(10-4-1)18-19(16-11-5-2-6-12-16)23-24-20(22-18)17-13-7-8-14-21-17/h1-6,9-12H,7-8,13-14H2. The minimum Gasteiger partial charge on any atom is -0.286 e. The van der Waals surface area contributed by atoms with Crippen LogP contribution in [0.2, 0.25) is 0 Å². The Morgan fingerprint density at radius 3 is 1.96 bits per heavy atom. The highest BCUT2D eigenvalue weighted by molar-refractivity contribution is 5.98. The van der Waals surface area contributed by atoms with Gasteiger partial charge in [-0.25, -0.2) is 4.98 Å². The third kappa shape index (κ3) is 2.95. The van der Waals surface area contributed by atoms with Crippen molar-refractivity contribution in [3.05, 3.63) is 66.5 Å². The second-order valence-electron chi connectivity index (χ2n) is 5.85.